The summed E-state index contributed by atoms with van der Waals surface area (Å²) in [6.45, 7) is 3.33. The monoisotopic (exact) mass is 275 g/mol. The molecule has 0 heterocycles. The smallest absolute Gasteiger partial charge is 0.118 e. The van der Waals surface area contributed by atoms with Crippen molar-refractivity contribution < 1.29 is 4.74 Å². The second-order valence-corrected chi connectivity index (χ2v) is 6.03. The fourth-order valence-corrected chi connectivity index (χ4v) is 3.36. The number of hydrogen-bond acceptors (Lipinski definition) is 2. The predicted molar refractivity (Wildman–Crippen MR) is 85.4 cm³/mol. The first-order chi connectivity index (χ1) is 9.81. The molecule has 1 aliphatic rings. The summed E-state index contributed by atoms with van der Waals surface area (Å²) in [5.41, 5.74) is 1.44. The molecule has 0 aromatic heterocycles. The highest BCUT2D eigenvalue weighted by atomic mass is 16.5. The summed E-state index contributed by atoms with van der Waals surface area (Å²) in [6.07, 6.45) is 9.49. The molecule has 0 aliphatic heterocycles. The fourth-order valence-electron chi connectivity index (χ4n) is 3.36. The lowest BCUT2D eigenvalue weighted by molar-refractivity contribution is 0.372. The SMILES string of the molecule is CCNC1CCCCC(CCc2ccc(OC)cc2)C1. The van der Waals surface area contributed by atoms with Gasteiger partial charge in [-0.05, 0) is 55.8 Å². The van der Waals surface area contributed by atoms with E-state index in [1.54, 1.807) is 7.11 Å². The molecule has 1 saturated carbocycles. The van der Waals surface area contributed by atoms with Gasteiger partial charge < -0.3 is 10.1 Å². The summed E-state index contributed by atoms with van der Waals surface area (Å²) >= 11 is 0. The molecule has 2 rings (SSSR count). The van der Waals surface area contributed by atoms with E-state index in [0.29, 0.717) is 0 Å². The molecule has 2 nitrogen and oxygen atoms in total. The van der Waals surface area contributed by atoms with Gasteiger partial charge in [-0.2, -0.15) is 0 Å². The van der Waals surface area contributed by atoms with E-state index in [2.05, 4.69) is 36.5 Å². The molecule has 1 aromatic rings. The molecular formula is C18H29NO. The van der Waals surface area contributed by atoms with E-state index in [0.717, 1.165) is 24.3 Å². The maximum Gasteiger partial charge on any atom is 0.118 e. The van der Waals surface area contributed by atoms with Gasteiger partial charge in [0.25, 0.3) is 0 Å². The summed E-state index contributed by atoms with van der Waals surface area (Å²) in [6, 6.07) is 9.31. The summed E-state index contributed by atoms with van der Waals surface area (Å²) < 4.78 is 5.21. The largest absolute Gasteiger partial charge is 0.497 e. The molecule has 1 fully saturated rings. The Morgan fingerprint density at radius 1 is 1.15 bits per heavy atom. The van der Waals surface area contributed by atoms with Crippen molar-refractivity contribution in [2.75, 3.05) is 13.7 Å². The molecule has 1 N–H and O–H groups in total. The molecule has 0 radical (unpaired) electrons. The third-order valence-electron chi connectivity index (χ3n) is 4.53. The molecule has 112 valence electrons. The van der Waals surface area contributed by atoms with Crippen molar-refractivity contribution in [1.29, 1.82) is 0 Å². The predicted octanol–water partition coefficient (Wildman–Crippen LogP) is 4.19. The Hall–Kier alpha value is -1.02. The molecule has 0 amide bonds. The lowest BCUT2D eigenvalue weighted by atomic mass is 9.91. The Bertz CT molecular complexity index is 374. The quantitative estimate of drug-likeness (QED) is 0.786. The van der Waals surface area contributed by atoms with Gasteiger partial charge in [0.05, 0.1) is 7.11 Å². The summed E-state index contributed by atoms with van der Waals surface area (Å²) in [7, 11) is 1.72. The molecule has 1 aromatic carbocycles. The Kier molecular flexibility index (Phi) is 6.38. The zero-order valence-electron chi connectivity index (χ0n) is 13.0. The molecule has 1 aliphatic carbocycles. The summed E-state index contributed by atoms with van der Waals surface area (Å²) in [5, 5.41) is 3.65. The zero-order valence-corrected chi connectivity index (χ0v) is 13.0. The van der Waals surface area contributed by atoms with E-state index >= 15 is 0 Å². The van der Waals surface area contributed by atoms with Crippen LogP contribution in [0.5, 0.6) is 5.75 Å². The number of rotatable bonds is 6. The Balaban J connectivity index is 1.81. The molecular weight excluding hydrogens is 246 g/mol. The number of nitrogens with one attached hydrogen (secondary N) is 1. The molecule has 2 unspecified atom stereocenters. The van der Waals surface area contributed by atoms with Crippen molar-refractivity contribution in [1.82, 2.24) is 5.32 Å². The first-order valence-electron chi connectivity index (χ1n) is 8.18. The number of hydrogen-bond donors (Lipinski definition) is 1. The minimum absolute atomic E-state index is 0.753. The van der Waals surface area contributed by atoms with Crippen LogP contribution < -0.4 is 10.1 Å². The van der Waals surface area contributed by atoms with Crippen LogP contribution in [0.15, 0.2) is 24.3 Å². The van der Waals surface area contributed by atoms with Gasteiger partial charge in [-0.25, -0.2) is 0 Å². The summed E-state index contributed by atoms with van der Waals surface area (Å²) in [4.78, 5) is 0. The van der Waals surface area contributed by atoms with Gasteiger partial charge in [-0.1, -0.05) is 38.3 Å². The third-order valence-corrected chi connectivity index (χ3v) is 4.53. The first kappa shape index (κ1) is 15.4. The number of benzene rings is 1. The van der Waals surface area contributed by atoms with Crippen molar-refractivity contribution in [2.45, 2.75) is 57.9 Å². The van der Waals surface area contributed by atoms with Crippen LogP contribution in [0.2, 0.25) is 0 Å². The van der Waals surface area contributed by atoms with Crippen LogP contribution in [0.4, 0.5) is 0 Å². The van der Waals surface area contributed by atoms with E-state index in [-0.39, 0.29) is 0 Å². The highest BCUT2D eigenvalue weighted by Crippen LogP contribution is 2.27. The van der Waals surface area contributed by atoms with Crippen molar-refractivity contribution in [3.05, 3.63) is 29.8 Å². The van der Waals surface area contributed by atoms with Crippen molar-refractivity contribution in [3.8, 4) is 5.75 Å². The van der Waals surface area contributed by atoms with Gasteiger partial charge in [-0.3, -0.25) is 0 Å². The minimum atomic E-state index is 0.753. The topological polar surface area (TPSA) is 21.3 Å². The van der Waals surface area contributed by atoms with Crippen molar-refractivity contribution in [2.24, 2.45) is 5.92 Å². The van der Waals surface area contributed by atoms with Gasteiger partial charge in [0.15, 0.2) is 0 Å². The molecule has 2 atom stereocenters. The summed E-state index contributed by atoms with van der Waals surface area (Å²) in [5.74, 6) is 1.85. The van der Waals surface area contributed by atoms with Crippen LogP contribution in [0, 0.1) is 5.92 Å². The van der Waals surface area contributed by atoms with E-state index in [9.17, 15) is 0 Å². The van der Waals surface area contributed by atoms with E-state index in [4.69, 9.17) is 4.74 Å². The van der Waals surface area contributed by atoms with E-state index < -0.39 is 0 Å². The standard InChI is InChI=1S/C18H29NO/c1-3-19-17-7-5-4-6-16(14-17)9-8-15-10-12-18(20-2)13-11-15/h10-13,16-17,19H,3-9,14H2,1-2H3. The maximum absolute atomic E-state index is 5.21. The van der Waals surface area contributed by atoms with E-state index in [1.165, 1.54) is 50.5 Å². The molecule has 0 spiro atoms. The highest BCUT2D eigenvalue weighted by molar-refractivity contribution is 5.27. The van der Waals surface area contributed by atoms with Gasteiger partial charge in [0, 0.05) is 6.04 Å². The Morgan fingerprint density at radius 3 is 2.60 bits per heavy atom. The molecule has 0 saturated heterocycles. The average Bonchev–Trinajstić information content (AvgIpc) is 2.71. The van der Waals surface area contributed by atoms with Crippen molar-refractivity contribution >= 4 is 0 Å². The maximum atomic E-state index is 5.21. The fraction of sp³-hybridized carbons (Fsp3) is 0.667. The van der Waals surface area contributed by atoms with Gasteiger partial charge in [-0.15, -0.1) is 0 Å². The average molecular weight is 275 g/mol. The normalized spacial score (nSPS) is 23.3. The molecule has 20 heavy (non-hydrogen) atoms. The van der Waals surface area contributed by atoms with Gasteiger partial charge in [0.1, 0.15) is 5.75 Å². The molecule has 2 heteroatoms. The van der Waals surface area contributed by atoms with Crippen LogP contribution in [-0.2, 0) is 6.42 Å². The lowest BCUT2D eigenvalue weighted by Gasteiger charge is -2.20. The first-order valence-corrected chi connectivity index (χ1v) is 8.18. The highest BCUT2D eigenvalue weighted by Gasteiger charge is 2.19. The van der Waals surface area contributed by atoms with Crippen LogP contribution in [0.25, 0.3) is 0 Å². The lowest BCUT2D eigenvalue weighted by Crippen LogP contribution is -2.29. The van der Waals surface area contributed by atoms with Gasteiger partial charge >= 0.3 is 0 Å². The van der Waals surface area contributed by atoms with Crippen LogP contribution >= 0.6 is 0 Å². The Labute approximate surface area is 123 Å². The second-order valence-electron chi connectivity index (χ2n) is 6.03. The van der Waals surface area contributed by atoms with Crippen LogP contribution in [-0.4, -0.2) is 19.7 Å². The second kappa shape index (κ2) is 8.31. The minimum Gasteiger partial charge on any atom is -0.497 e. The van der Waals surface area contributed by atoms with Crippen LogP contribution in [0.3, 0.4) is 0 Å². The van der Waals surface area contributed by atoms with Crippen molar-refractivity contribution in [3.63, 3.8) is 0 Å². The number of methoxy groups -OCH3 is 1. The van der Waals surface area contributed by atoms with Gasteiger partial charge in [0.2, 0.25) is 0 Å². The van der Waals surface area contributed by atoms with E-state index in [1.807, 2.05) is 0 Å². The Morgan fingerprint density at radius 2 is 1.90 bits per heavy atom. The number of ether oxygens (including phenoxy) is 1. The molecule has 0 bridgehead atoms. The third kappa shape index (κ3) is 4.82. The number of aryl methyl sites for hydroxylation is 1. The van der Waals surface area contributed by atoms with Crippen LogP contribution in [0.1, 0.15) is 51.0 Å². The zero-order chi connectivity index (χ0) is 14.2.